The van der Waals surface area contributed by atoms with Gasteiger partial charge in [0.1, 0.15) is 0 Å². The molecule has 102 valence electrons. The van der Waals surface area contributed by atoms with Crippen molar-refractivity contribution in [2.45, 2.75) is 33.7 Å². The van der Waals surface area contributed by atoms with Gasteiger partial charge in [-0.25, -0.2) is 0 Å². The number of carbonyl (C=O) groups is 2. The Morgan fingerprint density at radius 2 is 1.82 bits per heavy atom. The highest BCUT2D eigenvalue weighted by atomic mass is 35.5. The summed E-state index contributed by atoms with van der Waals surface area (Å²) >= 11 is 0. The highest BCUT2D eigenvalue weighted by molar-refractivity contribution is 5.87. The predicted octanol–water partition coefficient (Wildman–Crippen LogP) is 0.376. The molecular formula is C11H24ClN3O2. The topological polar surface area (TPSA) is 75.4 Å². The minimum absolute atomic E-state index is 0. The van der Waals surface area contributed by atoms with E-state index in [1.807, 2.05) is 6.92 Å². The van der Waals surface area contributed by atoms with Crippen LogP contribution in [0.3, 0.4) is 0 Å². The van der Waals surface area contributed by atoms with Crippen molar-refractivity contribution in [2.75, 3.05) is 20.1 Å². The number of hydrogen-bond acceptors (Lipinski definition) is 3. The summed E-state index contributed by atoms with van der Waals surface area (Å²) in [4.78, 5) is 24.7. The van der Waals surface area contributed by atoms with Crippen LogP contribution in [0.15, 0.2) is 0 Å². The van der Waals surface area contributed by atoms with Crippen molar-refractivity contribution in [3.8, 4) is 0 Å². The van der Waals surface area contributed by atoms with Gasteiger partial charge in [0.15, 0.2) is 0 Å². The lowest BCUT2D eigenvalue weighted by atomic mass is 9.96. The summed E-state index contributed by atoms with van der Waals surface area (Å²) in [7, 11) is 1.68. The zero-order valence-electron chi connectivity index (χ0n) is 11.2. The normalized spacial score (nSPS) is 12.4. The molecule has 0 heterocycles. The van der Waals surface area contributed by atoms with Crippen LogP contribution in [0.5, 0.6) is 0 Å². The van der Waals surface area contributed by atoms with Crippen molar-refractivity contribution in [1.29, 1.82) is 0 Å². The van der Waals surface area contributed by atoms with E-state index >= 15 is 0 Å². The van der Waals surface area contributed by atoms with E-state index in [1.54, 1.807) is 32.7 Å². The second-order valence-electron chi connectivity index (χ2n) is 5.02. The van der Waals surface area contributed by atoms with Crippen molar-refractivity contribution in [1.82, 2.24) is 10.2 Å². The zero-order valence-corrected chi connectivity index (χ0v) is 12.1. The van der Waals surface area contributed by atoms with E-state index in [0.717, 1.165) is 0 Å². The summed E-state index contributed by atoms with van der Waals surface area (Å²) in [5, 5.41) is 2.61. The molecule has 2 amide bonds. The second-order valence-corrected chi connectivity index (χ2v) is 5.02. The van der Waals surface area contributed by atoms with E-state index in [2.05, 4.69) is 5.32 Å². The largest absolute Gasteiger partial charge is 0.347 e. The van der Waals surface area contributed by atoms with Gasteiger partial charge in [-0.2, -0.15) is 0 Å². The molecule has 0 aromatic heterocycles. The summed E-state index contributed by atoms with van der Waals surface area (Å²) in [6, 6.07) is -0.0148. The smallest absolute Gasteiger partial charge is 0.241 e. The average molecular weight is 266 g/mol. The molecular weight excluding hydrogens is 242 g/mol. The molecule has 0 aliphatic carbocycles. The van der Waals surface area contributed by atoms with Gasteiger partial charge in [-0.1, -0.05) is 20.8 Å². The summed E-state index contributed by atoms with van der Waals surface area (Å²) in [5.74, 6) is -0.259. The van der Waals surface area contributed by atoms with Gasteiger partial charge in [-0.05, 0) is 6.92 Å². The third kappa shape index (κ3) is 6.48. The van der Waals surface area contributed by atoms with Crippen LogP contribution in [-0.2, 0) is 9.59 Å². The fourth-order valence-electron chi connectivity index (χ4n) is 0.950. The van der Waals surface area contributed by atoms with Crippen molar-refractivity contribution < 1.29 is 9.59 Å². The number of halogens is 1. The first-order chi connectivity index (χ1) is 7.20. The molecule has 0 aromatic rings. The minimum atomic E-state index is -0.474. The van der Waals surface area contributed by atoms with Gasteiger partial charge >= 0.3 is 0 Å². The number of nitrogens with zero attached hydrogens (tertiary/aromatic N) is 1. The van der Waals surface area contributed by atoms with Crippen molar-refractivity contribution >= 4 is 24.2 Å². The molecule has 0 radical (unpaired) electrons. The monoisotopic (exact) mass is 265 g/mol. The number of nitrogens with two attached hydrogens (primary N) is 1. The Hall–Kier alpha value is -0.810. The molecule has 6 heteroatoms. The van der Waals surface area contributed by atoms with Crippen LogP contribution in [0.1, 0.15) is 27.7 Å². The molecule has 0 saturated carbocycles. The Balaban J connectivity index is 0. The molecule has 17 heavy (non-hydrogen) atoms. The highest BCUT2D eigenvalue weighted by Crippen LogP contribution is 2.12. The van der Waals surface area contributed by atoms with Crippen LogP contribution >= 0.6 is 12.4 Å². The molecule has 0 fully saturated rings. The maximum atomic E-state index is 11.6. The van der Waals surface area contributed by atoms with Crippen LogP contribution in [0.25, 0.3) is 0 Å². The number of hydrogen-bond donors (Lipinski definition) is 2. The van der Waals surface area contributed by atoms with Gasteiger partial charge in [-0.3, -0.25) is 9.59 Å². The van der Waals surface area contributed by atoms with E-state index in [-0.39, 0.29) is 36.8 Å². The zero-order chi connectivity index (χ0) is 12.9. The molecule has 3 N–H and O–H groups in total. The van der Waals surface area contributed by atoms with Gasteiger partial charge in [0.25, 0.3) is 0 Å². The summed E-state index contributed by atoms with van der Waals surface area (Å²) in [5.41, 5.74) is 4.98. The Labute approximate surface area is 110 Å². The van der Waals surface area contributed by atoms with Crippen molar-refractivity contribution in [3.63, 3.8) is 0 Å². The van der Waals surface area contributed by atoms with E-state index < -0.39 is 5.41 Å². The van der Waals surface area contributed by atoms with Gasteiger partial charge in [-0.15, -0.1) is 12.4 Å². The number of carbonyl (C=O) groups excluding carboxylic acids is 2. The van der Waals surface area contributed by atoms with E-state index in [9.17, 15) is 9.59 Å². The predicted molar refractivity (Wildman–Crippen MR) is 71.0 cm³/mol. The third-order valence-corrected chi connectivity index (χ3v) is 2.48. The van der Waals surface area contributed by atoms with Crippen LogP contribution in [-0.4, -0.2) is 42.9 Å². The van der Waals surface area contributed by atoms with Crippen LogP contribution in [0.4, 0.5) is 0 Å². The Bertz CT molecular complexity index is 264. The van der Waals surface area contributed by atoms with Crippen LogP contribution in [0, 0.1) is 5.41 Å². The average Bonchev–Trinajstić information content (AvgIpc) is 2.21. The maximum Gasteiger partial charge on any atom is 0.241 e. The fourth-order valence-corrected chi connectivity index (χ4v) is 0.950. The standard InChI is InChI=1S/C11H23N3O2.ClH/c1-8(6-12)14(5)9(15)7-13-10(16)11(2,3)4;/h8H,6-7,12H2,1-5H3,(H,13,16);1H. The summed E-state index contributed by atoms with van der Waals surface area (Å²) < 4.78 is 0. The van der Waals surface area contributed by atoms with Crippen LogP contribution in [0.2, 0.25) is 0 Å². The fraction of sp³-hybridized carbons (Fsp3) is 0.818. The molecule has 0 spiro atoms. The van der Waals surface area contributed by atoms with Crippen LogP contribution < -0.4 is 11.1 Å². The lowest BCUT2D eigenvalue weighted by Crippen LogP contribution is -2.46. The Morgan fingerprint density at radius 1 is 1.35 bits per heavy atom. The highest BCUT2D eigenvalue weighted by Gasteiger charge is 2.22. The van der Waals surface area contributed by atoms with E-state index in [0.29, 0.717) is 6.54 Å². The molecule has 0 aliphatic heterocycles. The van der Waals surface area contributed by atoms with E-state index in [4.69, 9.17) is 5.73 Å². The summed E-state index contributed by atoms with van der Waals surface area (Å²) in [6.07, 6.45) is 0. The molecule has 0 aromatic carbocycles. The van der Waals surface area contributed by atoms with E-state index in [1.165, 1.54) is 0 Å². The molecule has 0 saturated heterocycles. The lowest BCUT2D eigenvalue weighted by molar-refractivity contribution is -0.135. The first-order valence-corrected chi connectivity index (χ1v) is 5.44. The molecule has 1 unspecified atom stereocenters. The van der Waals surface area contributed by atoms with Gasteiger partial charge in [0.05, 0.1) is 6.54 Å². The Kier molecular flexibility index (Phi) is 8.19. The number of nitrogens with one attached hydrogen (secondary N) is 1. The van der Waals surface area contributed by atoms with Gasteiger partial charge < -0.3 is 16.0 Å². The molecule has 1 atom stereocenters. The minimum Gasteiger partial charge on any atom is -0.347 e. The maximum absolute atomic E-state index is 11.6. The number of rotatable bonds is 4. The lowest BCUT2D eigenvalue weighted by Gasteiger charge is -2.24. The van der Waals surface area contributed by atoms with Crippen molar-refractivity contribution in [3.05, 3.63) is 0 Å². The SMILES string of the molecule is CC(CN)N(C)C(=O)CNC(=O)C(C)(C)C.Cl. The summed E-state index contributed by atoms with van der Waals surface area (Å²) in [6.45, 7) is 7.72. The quantitative estimate of drug-likeness (QED) is 0.772. The molecule has 0 bridgehead atoms. The van der Waals surface area contributed by atoms with Gasteiger partial charge in [0, 0.05) is 25.0 Å². The third-order valence-electron chi connectivity index (χ3n) is 2.48. The number of likely N-dealkylation sites (N-methyl/N-ethyl adjacent to an activating group) is 1. The first kappa shape index (κ1) is 18.6. The molecule has 0 aliphatic rings. The second kappa shape index (κ2) is 7.50. The molecule has 0 rings (SSSR count). The number of amides is 2. The molecule has 5 nitrogen and oxygen atoms in total. The van der Waals surface area contributed by atoms with Crippen molar-refractivity contribution in [2.24, 2.45) is 11.1 Å². The van der Waals surface area contributed by atoms with Gasteiger partial charge in [0.2, 0.25) is 11.8 Å². The first-order valence-electron chi connectivity index (χ1n) is 5.44. The Morgan fingerprint density at radius 3 is 2.18 bits per heavy atom.